The number of hydrogen-bond acceptors (Lipinski definition) is 2. The van der Waals surface area contributed by atoms with Crippen LogP contribution in [-0.4, -0.2) is 12.5 Å². The molecule has 0 aliphatic carbocycles. The van der Waals surface area contributed by atoms with E-state index in [1.807, 2.05) is 18.2 Å². The normalized spacial score (nSPS) is 11.8. The predicted octanol–water partition coefficient (Wildman–Crippen LogP) is 4.33. The number of nitrogens with one attached hydrogen (secondary N) is 2. The minimum Gasteiger partial charge on any atom is -0.375 e. The maximum atomic E-state index is 12.1. The van der Waals surface area contributed by atoms with Crippen molar-refractivity contribution in [1.82, 2.24) is 5.32 Å². The summed E-state index contributed by atoms with van der Waals surface area (Å²) in [6.07, 6.45) is 0.848. The molecule has 1 unspecified atom stereocenters. The van der Waals surface area contributed by atoms with E-state index in [1.54, 1.807) is 6.07 Å². The van der Waals surface area contributed by atoms with Crippen molar-refractivity contribution < 1.29 is 4.79 Å². The lowest BCUT2D eigenvalue weighted by atomic mass is 10.0. The van der Waals surface area contributed by atoms with Crippen LogP contribution in [0.4, 0.5) is 5.69 Å². The van der Waals surface area contributed by atoms with Gasteiger partial charge >= 0.3 is 0 Å². The largest absolute Gasteiger partial charge is 0.375 e. The van der Waals surface area contributed by atoms with E-state index in [9.17, 15) is 4.79 Å². The van der Waals surface area contributed by atoms with Gasteiger partial charge in [0.2, 0.25) is 5.91 Å². The molecule has 0 aliphatic heterocycles. The number of amides is 1. The molecule has 0 bridgehead atoms. The first-order valence-corrected chi connectivity index (χ1v) is 7.82. The molecule has 2 aromatic carbocycles. The molecule has 3 nitrogen and oxygen atoms in total. The van der Waals surface area contributed by atoms with E-state index in [4.69, 9.17) is 11.6 Å². The van der Waals surface area contributed by atoms with Gasteiger partial charge < -0.3 is 10.6 Å². The zero-order valence-corrected chi connectivity index (χ0v) is 13.7. The van der Waals surface area contributed by atoms with Crippen molar-refractivity contribution in [3.8, 4) is 0 Å². The Labute approximate surface area is 136 Å². The van der Waals surface area contributed by atoms with E-state index in [-0.39, 0.29) is 18.5 Å². The molecule has 0 saturated heterocycles. The molecule has 0 radical (unpaired) electrons. The summed E-state index contributed by atoms with van der Waals surface area (Å²) in [6, 6.07) is 15.7. The highest BCUT2D eigenvalue weighted by molar-refractivity contribution is 6.33. The number of carbonyl (C=O) groups excluding carboxylic acids is 1. The Kier molecular flexibility index (Phi) is 5.84. The Balaban J connectivity index is 1.92. The number of rotatable bonds is 6. The number of para-hydroxylation sites is 1. The van der Waals surface area contributed by atoms with Crippen molar-refractivity contribution in [3.05, 3.63) is 64.7 Å². The van der Waals surface area contributed by atoms with Crippen LogP contribution in [0.25, 0.3) is 0 Å². The Morgan fingerprint density at radius 3 is 2.45 bits per heavy atom. The quantitative estimate of drug-likeness (QED) is 0.833. The lowest BCUT2D eigenvalue weighted by Gasteiger charge is -2.18. The zero-order valence-electron chi connectivity index (χ0n) is 12.9. The molecule has 0 spiro atoms. The van der Waals surface area contributed by atoms with Crippen LogP contribution in [0.1, 0.15) is 30.5 Å². The fourth-order valence-electron chi connectivity index (χ4n) is 2.25. The van der Waals surface area contributed by atoms with Gasteiger partial charge in [-0.05, 0) is 31.0 Å². The van der Waals surface area contributed by atoms with E-state index in [2.05, 4.69) is 48.7 Å². The molecule has 4 heteroatoms. The smallest absolute Gasteiger partial charge is 0.239 e. The molecular formula is C18H21ClN2O. The molecule has 0 heterocycles. The van der Waals surface area contributed by atoms with Crippen LogP contribution in [0, 0.1) is 6.92 Å². The van der Waals surface area contributed by atoms with Crippen molar-refractivity contribution in [1.29, 1.82) is 0 Å². The Morgan fingerprint density at radius 2 is 1.82 bits per heavy atom. The van der Waals surface area contributed by atoms with Gasteiger partial charge in [-0.1, -0.05) is 60.5 Å². The van der Waals surface area contributed by atoms with Crippen LogP contribution in [0.5, 0.6) is 0 Å². The molecule has 22 heavy (non-hydrogen) atoms. The van der Waals surface area contributed by atoms with Crippen molar-refractivity contribution in [2.24, 2.45) is 0 Å². The molecular weight excluding hydrogens is 296 g/mol. The number of hydrogen-bond donors (Lipinski definition) is 2. The molecule has 0 aromatic heterocycles. The summed E-state index contributed by atoms with van der Waals surface area (Å²) in [6.45, 7) is 4.31. The average molecular weight is 317 g/mol. The highest BCUT2D eigenvalue weighted by atomic mass is 35.5. The van der Waals surface area contributed by atoms with Gasteiger partial charge in [-0.25, -0.2) is 0 Å². The van der Waals surface area contributed by atoms with Crippen LogP contribution < -0.4 is 10.6 Å². The monoisotopic (exact) mass is 316 g/mol. The van der Waals surface area contributed by atoms with Gasteiger partial charge in [0.25, 0.3) is 0 Å². The van der Waals surface area contributed by atoms with Crippen LogP contribution in [0.2, 0.25) is 5.02 Å². The average Bonchev–Trinajstić information content (AvgIpc) is 2.53. The first-order valence-electron chi connectivity index (χ1n) is 7.44. The summed E-state index contributed by atoms with van der Waals surface area (Å²) in [5, 5.41) is 6.72. The topological polar surface area (TPSA) is 41.1 Å². The van der Waals surface area contributed by atoms with Gasteiger partial charge in [-0.15, -0.1) is 0 Å². The molecule has 2 aromatic rings. The van der Waals surface area contributed by atoms with Crippen molar-refractivity contribution >= 4 is 23.2 Å². The van der Waals surface area contributed by atoms with Crippen LogP contribution in [0.15, 0.2) is 48.5 Å². The maximum absolute atomic E-state index is 12.1. The molecule has 0 saturated carbocycles. The SMILES string of the molecule is CCC(NC(=O)CNc1ccccc1Cl)c1ccc(C)cc1. The Hall–Kier alpha value is -2.00. The number of benzene rings is 2. The number of anilines is 1. The first kappa shape index (κ1) is 16.4. The van der Waals surface area contributed by atoms with Crippen LogP contribution in [0.3, 0.4) is 0 Å². The third-order valence-corrected chi connectivity index (χ3v) is 3.87. The molecule has 1 amide bonds. The van der Waals surface area contributed by atoms with Gasteiger partial charge in [0.15, 0.2) is 0 Å². The number of halogens is 1. The van der Waals surface area contributed by atoms with E-state index < -0.39 is 0 Å². The van der Waals surface area contributed by atoms with Gasteiger partial charge in [0.05, 0.1) is 23.3 Å². The fourth-order valence-corrected chi connectivity index (χ4v) is 2.45. The van der Waals surface area contributed by atoms with Gasteiger partial charge in [-0.3, -0.25) is 4.79 Å². The second-order valence-electron chi connectivity index (χ2n) is 5.27. The standard InChI is InChI=1S/C18H21ClN2O/c1-3-16(14-10-8-13(2)9-11-14)21-18(22)12-20-17-7-5-4-6-15(17)19/h4-11,16,20H,3,12H2,1-2H3,(H,21,22). The van der Waals surface area contributed by atoms with E-state index in [1.165, 1.54) is 5.56 Å². The van der Waals surface area contributed by atoms with Gasteiger partial charge in [-0.2, -0.15) is 0 Å². The second kappa shape index (κ2) is 7.85. The molecule has 2 N–H and O–H groups in total. The van der Waals surface area contributed by atoms with Gasteiger partial charge in [0, 0.05) is 0 Å². The molecule has 0 aliphatic rings. The maximum Gasteiger partial charge on any atom is 0.239 e. The lowest BCUT2D eigenvalue weighted by molar-refractivity contribution is -0.120. The van der Waals surface area contributed by atoms with Crippen LogP contribution in [-0.2, 0) is 4.79 Å². The number of carbonyl (C=O) groups is 1. The minimum atomic E-state index is -0.0488. The van der Waals surface area contributed by atoms with Gasteiger partial charge in [0.1, 0.15) is 0 Å². The Morgan fingerprint density at radius 1 is 1.14 bits per heavy atom. The third kappa shape index (κ3) is 4.50. The van der Waals surface area contributed by atoms with Crippen molar-refractivity contribution in [3.63, 3.8) is 0 Å². The molecule has 0 fully saturated rings. The van der Waals surface area contributed by atoms with Crippen molar-refractivity contribution in [2.75, 3.05) is 11.9 Å². The van der Waals surface area contributed by atoms with E-state index >= 15 is 0 Å². The van der Waals surface area contributed by atoms with E-state index in [0.29, 0.717) is 5.02 Å². The highest BCUT2D eigenvalue weighted by Gasteiger charge is 2.12. The van der Waals surface area contributed by atoms with Crippen molar-refractivity contribution in [2.45, 2.75) is 26.3 Å². The summed E-state index contributed by atoms with van der Waals surface area (Å²) in [7, 11) is 0. The summed E-state index contributed by atoms with van der Waals surface area (Å²) >= 11 is 6.06. The summed E-state index contributed by atoms with van der Waals surface area (Å²) in [5.41, 5.74) is 3.10. The minimum absolute atomic E-state index is 0.0288. The van der Waals surface area contributed by atoms with Crippen LogP contribution >= 0.6 is 11.6 Å². The molecule has 1 atom stereocenters. The zero-order chi connectivity index (χ0) is 15.9. The van der Waals surface area contributed by atoms with E-state index in [0.717, 1.165) is 17.7 Å². The second-order valence-corrected chi connectivity index (χ2v) is 5.68. The molecule has 116 valence electrons. The summed E-state index contributed by atoms with van der Waals surface area (Å²) in [4.78, 5) is 12.1. The predicted molar refractivity (Wildman–Crippen MR) is 92.3 cm³/mol. The Bertz CT molecular complexity index is 625. The summed E-state index contributed by atoms with van der Waals surface area (Å²) in [5.74, 6) is -0.0488. The first-order chi connectivity index (χ1) is 10.6. The number of aryl methyl sites for hydroxylation is 1. The highest BCUT2D eigenvalue weighted by Crippen LogP contribution is 2.20. The molecule has 2 rings (SSSR count). The fraction of sp³-hybridized carbons (Fsp3) is 0.278. The summed E-state index contributed by atoms with van der Waals surface area (Å²) < 4.78 is 0. The third-order valence-electron chi connectivity index (χ3n) is 3.54. The lowest BCUT2D eigenvalue weighted by Crippen LogP contribution is -2.33.